The van der Waals surface area contributed by atoms with Crippen LogP contribution in [-0.2, 0) is 75.8 Å². The summed E-state index contributed by atoms with van der Waals surface area (Å²) in [6, 6.07) is 10.2. The second-order valence-corrected chi connectivity index (χ2v) is 19.8. The lowest BCUT2D eigenvalue weighted by atomic mass is 9.98. The van der Waals surface area contributed by atoms with Crippen LogP contribution >= 0.6 is 0 Å². The smallest absolute Gasteiger partial charge is 0.409 e. The average molecular weight is 1110 g/mol. The van der Waals surface area contributed by atoms with E-state index in [1.807, 2.05) is 6.92 Å². The third-order valence-corrected chi connectivity index (χ3v) is 13.6. The van der Waals surface area contributed by atoms with Gasteiger partial charge < -0.3 is 60.7 Å². The first-order valence-corrected chi connectivity index (χ1v) is 26.6. The van der Waals surface area contributed by atoms with Crippen molar-refractivity contribution in [3.63, 3.8) is 0 Å². The summed E-state index contributed by atoms with van der Waals surface area (Å²) in [6.45, 7) is 6.96. The lowest BCUT2D eigenvalue weighted by Gasteiger charge is -2.25. The van der Waals surface area contributed by atoms with Crippen LogP contribution in [0.25, 0.3) is 22.3 Å². The Morgan fingerprint density at radius 3 is 2.10 bits per heavy atom. The van der Waals surface area contributed by atoms with E-state index in [2.05, 4.69) is 21.3 Å². The number of aromatic hydroxyl groups is 1. The minimum absolute atomic E-state index is 0.0386. The maximum absolute atomic E-state index is 14.1. The minimum atomic E-state index is -1.09. The lowest BCUT2D eigenvalue weighted by Crippen LogP contribution is -2.54. The summed E-state index contributed by atoms with van der Waals surface area (Å²) < 4.78 is 18.1. The molecule has 0 bridgehead atoms. The van der Waals surface area contributed by atoms with Crippen molar-refractivity contribution in [2.75, 3.05) is 45.6 Å². The number of nitrogens with one attached hydrogen (secondary N) is 4. The molecule has 2 aromatic heterocycles. The molecule has 2 aliphatic heterocycles. The van der Waals surface area contributed by atoms with Crippen LogP contribution in [0, 0.1) is 5.92 Å². The number of carbonyl (C=O) groups is 9. The number of nitrogens with zero attached hydrogens (tertiary/aromatic N) is 5. The Bertz CT molecular complexity index is 3070. The quantitative estimate of drug-likeness (QED) is 0.0183. The van der Waals surface area contributed by atoms with Crippen molar-refractivity contribution < 1.29 is 62.5 Å². The zero-order chi connectivity index (χ0) is 58.2. The molecule has 2 atom stereocenters. The summed E-state index contributed by atoms with van der Waals surface area (Å²) in [5.41, 5.74) is 9.69. The lowest BCUT2D eigenvalue weighted by molar-refractivity contribution is -0.144. The van der Waals surface area contributed by atoms with Gasteiger partial charge in [0.15, 0.2) is 0 Å². The Labute approximate surface area is 462 Å². The minimum Gasteiger partial charge on any atom is -0.508 e. The molecule has 0 spiro atoms. The molecule has 0 fully saturated rings. The van der Waals surface area contributed by atoms with Crippen molar-refractivity contribution in [1.29, 1.82) is 0 Å². The van der Waals surface area contributed by atoms with Crippen LogP contribution in [0.5, 0.6) is 5.75 Å². The number of anilines is 1. The summed E-state index contributed by atoms with van der Waals surface area (Å²) in [6.07, 6.45) is 3.68. The molecule has 0 saturated carbocycles. The fourth-order valence-corrected chi connectivity index (χ4v) is 9.05. The molecule has 428 valence electrons. The van der Waals surface area contributed by atoms with E-state index in [0.717, 1.165) is 21.4 Å². The van der Waals surface area contributed by atoms with Gasteiger partial charge in [-0.15, -0.1) is 0 Å². The summed E-state index contributed by atoms with van der Waals surface area (Å²) in [5, 5.41) is 21.7. The highest BCUT2D eigenvalue weighted by molar-refractivity contribution is 6.12. The Morgan fingerprint density at radius 1 is 0.787 bits per heavy atom. The SMILES string of the molecule is CCC(=O)OCc1c(COC(=O)N(C)CCN(C)C(=O)OCc2ccc(NC(=O)[C@H](CCCNC(N)=O)NC(=O)[C@@H](NC(=O)CCCCCN3C(=O)C=CC3=O)C(C)C)cc2)cc2n(c1=O)Cc1c-2nc2ccc(O)cc2c1CC. The summed E-state index contributed by atoms with van der Waals surface area (Å²) in [5.74, 6) is -3.06. The topological polar surface area (TPSA) is 320 Å². The van der Waals surface area contributed by atoms with Crippen LogP contribution < -0.4 is 32.6 Å². The summed E-state index contributed by atoms with van der Waals surface area (Å²) in [7, 11) is 2.98. The van der Waals surface area contributed by atoms with E-state index in [1.54, 1.807) is 73.9 Å². The fraction of sp³-hybridized carbons (Fsp3) is 0.446. The number of primary amides is 1. The molecule has 0 aliphatic carbocycles. The van der Waals surface area contributed by atoms with Gasteiger partial charge in [-0.1, -0.05) is 46.2 Å². The van der Waals surface area contributed by atoms with Gasteiger partial charge in [-0.3, -0.25) is 38.5 Å². The average Bonchev–Trinajstić information content (AvgIpc) is 4.21. The van der Waals surface area contributed by atoms with E-state index in [0.29, 0.717) is 59.4 Å². The maximum atomic E-state index is 14.1. The number of likely N-dealkylation sites (N-methyl/N-ethyl adjacent to an activating group) is 2. The molecule has 9 amide bonds. The number of pyridine rings is 2. The van der Waals surface area contributed by atoms with Crippen LogP contribution in [0.4, 0.5) is 20.1 Å². The van der Waals surface area contributed by atoms with E-state index in [1.165, 1.54) is 36.0 Å². The van der Waals surface area contributed by atoms with Crippen molar-refractivity contribution >= 4 is 70.3 Å². The van der Waals surface area contributed by atoms with Crippen LogP contribution in [0.1, 0.15) is 100 Å². The number of rotatable bonds is 27. The van der Waals surface area contributed by atoms with Crippen LogP contribution in [0.15, 0.2) is 65.5 Å². The number of benzene rings is 2. The molecular weight excluding hydrogens is 1040 g/mol. The molecule has 4 aromatic rings. The molecule has 0 unspecified atom stereocenters. The van der Waals surface area contributed by atoms with Gasteiger partial charge in [-0.05, 0) is 85.5 Å². The number of fused-ring (bicyclic) bond motifs is 4. The van der Waals surface area contributed by atoms with E-state index in [4.69, 9.17) is 24.9 Å². The van der Waals surface area contributed by atoms with E-state index >= 15 is 0 Å². The molecule has 6 rings (SSSR count). The Kier molecular flexibility index (Phi) is 21.3. The van der Waals surface area contributed by atoms with Gasteiger partial charge >= 0.3 is 24.2 Å². The molecule has 24 heteroatoms. The van der Waals surface area contributed by atoms with Crippen LogP contribution in [0.2, 0.25) is 0 Å². The molecule has 24 nitrogen and oxygen atoms in total. The Hall–Kier alpha value is -8.83. The van der Waals surface area contributed by atoms with E-state index in [-0.39, 0.29) is 113 Å². The summed E-state index contributed by atoms with van der Waals surface area (Å²) in [4.78, 5) is 136. The zero-order valence-electron chi connectivity index (χ0n) is 45.9. The van der Waals surface area contributed by atoms with Gasteiger partial charge in [-0.25, -0.2) is 19.4 Å². The number of amides is 9. The third kappa shape index (κ3) is 15.9. The second-order valence-electron chi connectivity index (χ2n) is 19.8. The highest BCUT2D eigenvalue weighted by Gasteiger charge is 2.31. The maximum Gasteiger partial charge on any atom is 0.409 e. The van der Waals surface area contributed by atoms with Crippen molar-refractivity contribution in [1.82, 2.24) is 40.2 Å². The third-order valence-electron chi connectivity index (χ3n) is 13.6. The second kappa shape index (κ2) is 28.2. The van der Waals surface area contributed by atoms with Gasteiger partial charge in [0.25, 0.3) is 17.4 Å². The number of carbonyl (C=O) groups excluding carboxylic acids is 9. The van der Waals surface area contributed by atoms with Gasteiger partial charge in [0.05, 0.1) is 29.0 Å². The molecule has 80 heavy (non-hydrogen) atoms. The van der Waals surface area contributed by atoms with Gasteiger partial charge in [0, 0.05) is 87.5 Å². The number of hydrogen-bond acceptors (Lipinski definition) is 15. The van der Waals surface area contributed by atoms with Gasteiger partial charge in [0.2, 0.25) is 17.7 Å². The molecule has 2 aliphatic rings. The highest BCUT2D eigenvalue weighted by Crippen LogP contribution is 2.37. The van der Waals surface area contributed by atoms with Crippen LogP contribution in [0.3, 0.4) is 0 Å². The first-order valence-electron chi connectivity index (χ1n) is 26.6. The molecular formula is C56H70N10O14. The largest absolute Gasteiger partial charge is 0.508 e. The summed E-state index contributed by atoms with van der Waals surface area (Å²) >= 11 is 0. The molecule has 7 N–H and O–H groups in total. The van der Waals surface area contributed by atoms with E-state index in [9.17, 15) is 53.1 Å². The van der Waals surface area contributed by atoms with Crippen molar-refractivity contribution in [3.05, 3.63) is 98.9 Å². The number of phenols is 1. The van der Waals surface area contributed by atoms with E-state index < -0.39 is 53.6 Å². The number of phenolic OH excluding ortho intramolecular Hbond substituents is 1. The monoisotopic (exact) mass is 1110 g/mol. The first-order chi connectivity index (χ1) is 38.2. The predicted molar refractivity (Wildman–Crippen MR) is 292 cm³/mol. The highest BCUT2D eigenvalue weighted by atomic mass is 16.6. The number of urea groups is 1. The number of aryl methyl sites for hydroxylation is 1. The predicted octanol–water partition coefficient (Wildman–Crippen LogP) is 4.48. The zero-order valence-corrected chi connectivity index (χ0v) is 45.9. The number of hydrogen-bond donors (Lipinski definition) is 6. The normalized spacial score (nSPS) is 13.1. The van der Waals surface area contributed by atoms with Crippen molar-refractivity contribution in [2.45, 2.75) is 118 Å². The number of nitrogens with two attached hydrogens (primary N) is 1. The first kappa shape index (κ1) is 60.4. The molecule has 2 aromatic carbocycles. The van der Waals surface area contributed by atoms with Crippen LogP contribution in [-0.4, -0.2) is 135 Å². The standard InChI is InChI=1S/C56H70N10O14/c1-7-38-39-28-37(67)19-20-42(39)60-50-40(38)29-66-44(50)27-35(41(53(66)74)32-78-48(71)8-2)31-80-56(77)64(6)26-25-63(5)55(76)79-30-34-15-17-36(18-16-34)59-51(72)43(13-12-23-58-54(57)75)61-52(73)49(33(3)4)62-45(68)14-10-9-11-24-65-46(69)21-22-47(65)70/h15-22,27-28,33,43,49,67H,7-14,23-26,29-32H2,1-6H3,(H,59,72)(H,61,73)(H,62,68)(H3,57,58,75)/t43-,49-/m0/s1. The Balaban J connectivity index is 0.984. The number of esters is 1. The molecule has 0 saturated heterocycles. The number of imide groups is 1. The van der Waals surface area contributed by atoms with Gasteiger partial charge in [0.1, 0.15) is 37.7 Å². The Morgan fingerprint density at radius 2 is 1.46 bits per heavy atom. The number of aromatic nitrogens is 2. The number of ether oxygens (including phenoxy) is 3. The molecule has 4 heterocycles. The van der Waals surface area contributed by atoms with Crippen molar-refractivity contribution in [2.24, 2.45) is 11.7 Å². The van der Waals surface area contributed by atoms with Crippen molar-refractivity contribution in [3.8, 4) is 17.1 Å². The molecule has 0 radical (unpaired) electrons. The fourth-order valence-electron chi connectivity index (χ4n) is 9.05. The number of unbranched alkanes of at least 4 members (excludes halogenated alkanes) is 2. The van der Waals surface area contributed by atoms with Gasteiger partial charge in [-0.2, -0.15) is 0 Å².